The van der Waals surface area contributed by atoms with E-state index >= 15 is 0 Å². The Bertz CT molecular complexity index is 354. The molecule has 0 saturated carbocycles. The molecular weight excluding hydrogens is 230 g/mol. The predicted octanol–water partition coefficient (Wildman–Crippen LogP) is 0.921. The fourth-order valence-corrected chi connectivity index (χ4v) is 1.91. The second kappa shape index (κ2) is 5.86. The molecule has 1 aromatic rings. The number of hydrogen-bond acceptors (Lipinski definition) is 6. The van der Waals surface area contributed by atoms with Gasteiger partial charge in [-0.3, -0.25) is 4.79 Å². The van der Waals surface area contributed by atoms with Crippen molar-refractivity contribution in [2.45, 2.75) is 38.1 Å². The number of carboxylic acids is 1. The van der Waals surface area contributed by atoms with Crippen LogP contribution in [0.2, 0.25) is 0 Å². The summed E-state index contributed by atoms with van der Waals surface area (Å²) < 4.78 is 5.14. The third kappa shape index (κ3) is 4.19. The van der Waals surface area contributed by atoms with Crippen molar-refractivity contribution in [3.63, 3.8) is 0 Å². The van der Waals surface area contributed by atoms with E-state index in [1.807, 2.05) is 13.8 Å². The van der Waals surface area contributed by atoms with Gasteiger partial charge in [-0.15, -0.1) is 10.2 Å². The molecule has 1 aromatic heterocycles. The lowest BCUT2D eigenvalue weighted by Gasteiger charge is -2.15. The Morgan fingerprint density at radius 3 is 2.69 bits per heavy atom. The lowest BCUT2D eigenvalue weighted by molar-refractivity contribution is -0.139. The van der Waals surface area contributed by atoms with Crippen molar-refractivity contribution in [1.29, 1.82) is 0 Å². The Morgan fingerprint density at radius 1 is 1.56 bits per heavy atom. The number of aryl methyl sites for hydroxylation is 1. The van der Waals surface area contributed by atoms with Crippen LogP contribution < -0.4 is 5.32 Å². The first kappa shape index (κ1) is 13.0. The van der Waals surface area contributed by atoms with E-state index < -0.39 is 12.0 Å². The number of carboxylic acid groups (broad SMARTS) is 1. The summed E-state index contributed by atoms with van der Waals surface area (Å²) in [4.78, 5) is 10.9. The van der Waals surface area contributed by atoms with Gasteiger partial charge in [-0.05, 0) is 0 Å². The monoisotopic (exact) mass is 245 g/mol. The fraction of sp³-hybridized carbons (Fsp3) is 0.667. The molecular formula is C9H15N3O3S. The Labute approximate surface area is 97.8 Å². The summed E-state index contributed by atoms with van der Waals surface area (Å²) in [5, 5.41) is 19.8. The van der Waals surface area contributed by atoms with Gasteiger partial charge in [0.15, 0.2) is 0 Å². The van der Waals surface area contributed by atoms with Crippen LogP contribution in [0, 0.1) is 6.92 Å². The summed E-state index contributed by atoms with van der Waals surface area (Å²) in [7, 11) is 0. The molecule has 1 rings (SSSR count). The number of rotatable bonds is 6. The highest BCUT2D eigenvalue weighted by molar-refractivity contribution is 7.99. The maximum atomic E-state index is 10.9. The third-order valence-electron chi connectivity index (χ3n) is 1.71. The molecule has 16 heavy (non-hydrogen) atoms. The van der Waals surface area contributed by atoms with Crippen LogP contribution in [0.3, 0.4) is 0 Å². The van der Waals surface area contributed by atoms with Gasteiger partial charge in [0.25, 0.3) is 5.22 Å². The number of aromatic nitrogens is 2. The Hall–Kier alpha value is -1.08. The topological polar surface area (TPSA) is 88.2 Å². The number of carbonyl (C=O) groups is 1. The summed E-state index contributed by atoms with van der Waals surface area (Å²) in [5.74, 6) is -0.0431. The molecule has 1 unspecified atom stereocenters. The first-order valence-electron chi connectivity index (χ1n) is 4.90. The average molecular weight is 245 g/mol. The average Bonchev–Trinajstić information content (AvgIpc) is 2.58. The van der Waals surface area contributed by atoms with E-state index in [1.165, 1.54) is 11.8 Å². The molecule has 90 valence electrons. The quantitative estimate of drug-likeness (QED) is 0.720. The van der Waals surface area contributed by atoms with Crippen molar-refractivity contribution in [3.8, 4) is 0 Å². The second-order valence-electron chi connectivity index (χ2n) is 3.61. The Morgan fingerprint density at radius 2 is 2.25 bits per heavy atom. The van der Waals surface area contributed by atoms with Gasteiger partial charge < -0.3 is 14.8 Å². The summed E-state index contributed by atoms with van der Waals surface area (Å²) >= 11 is 1.24. The highest BCUT2D eigenvalue weighted by Crippen LogP contribution is 2.16. The van der Waals surface area contributed by atoms with Gasteiger partial charge in [0.2, 0.25) is 5.89 Å². The zero-order valence-corrected chi connectivity index (χ0v) is 10.2. The van der Waals surface area contributed by atoms with Crippen molar-refractivity contribution in [3.05, 3.63) is 5.89 Å². The van der Waals surface area contributed by atoms with Crippen LogP contribution in [0.1, 0.15) is 19.7 Å². The molecule has 1 heterocycles. The zero-order chi connectivity index (χ0) is 12.1. The summed E-state index contributed by atoms with van der Waals surface area (Å²) in [6.45, 7) is 5.49. The molecule has 0 saturated heterocycles. The number of nitrogens with one attached hydrogen (secondary N) is 1. The fourth-order valence-electron chi connectivity index (χ4n) is 1.08. The number of aliphatic carboxylic acids is 1. The minimum absolute atomic E-state index is 0.117. The molecule has 0 aromatic carbocycles. The van der Waals surface area contributed by atoms with Gasteiger partial charge in [-0.2, -0.15) is 0 Å². The minimum Gasteiger partial charge on any atom is -0.480 e. The number of hydrogen-bond donors (Lipinski definition) is 2. The van der Waals surface area contributed by atoms with Crippen molar-refractivity contribution in [2.75, 3.05) is 5.75 Å². The summed E-state index contributed by atoms with van der Waals surface area (Å²) in [6.07, 6.45) is 0. The van der Waals surface area contributed by atoms with Crippen LogP contribution in [0.15, 0.2) is 9.64 Å². The highest BCUT2D eigenvalue weighted by atomic mass is 32.2. The van der Waals surface area contributed by atoms with E-state index in [-0.39, 0.29) is 6.04 Å². The molecule has 1 atom stereocenters. The minimum atomic E-state index is -0.877. The molecule has 2 N–H and O–H groups in total. The number of thioether (sulfide) groups is 1. The van der Waals surface area contributed by atoms with Crippen molar-refractivity contribution in [1.82, 2.24) is 15.5 Å². The number of nitrogens with zero attached hydrogens (tertiary/aromatic N) is 2. The molecule has 0 amide bonds. The highest BCUT2D eigenvalue weighted by Gasteiger charge is 2.19. The maximum absolute atomic E-state index is 10.9. The van der Waals surface area contributed by atoms with Crippen molar-refractivity contribution < 1.29 is 14.3 Å². The third-order valence-corrected chi connectivity index (χ3v) is 2.63. The van der Waals surface area contributed by atoms with E-state index in [0.29, 0.717) is 16.9 Å². The van der Waals surface area contributed by atoms with Gasteiger partial charge in [-0.1, -0.05) is 25.6 Å². The van der Waals surface area contributed by atoms with Crippen LogP contribution >= 0.6 is 11.8 Å². The van der Waals surface area contributed by atoms with Gasteiger partial charge in [0.1, 0.15) is 6.04 Å². The van der Waals surface area contributed by atoms with E-state index in [1.54, 1.807) is 6.92 Å². The van der Waals surface area contributed by atoms with Crippen LogP contribution in [0.4, 0.5) is 0 Å². The molecule has 0 radical (unpaired) electrons. The molecule has 0 fully saturated rings. The lowest BCUT2D eigenvalue weighted by Crippen LogP contribution is -2.42. The molecule has 0 aliphatic rings. The van der Waals surface area contributed by atoms with Crippen LogP contribution in [-0.2, 0) is 4.79 Å². The van der Waals surface area contributed by atoms with E-state index in [2.05, 4.69) is 15.5 Å². The van der Waals surface area contributed by atoms with Crippen LogP contribution in [-0.4, -0.2) is 39.1 Å². The van der Waals surface area contributed by atoms with E-state index in [4.69, 9.17) is 9.52 Å². The smallest absolute Gasteiger partial charge is 0.321 e. The molecule has 6 nitrogen and oxygen atoms in total. The van der Waals surface area contributed by atoms with Gasteiger partial charge in [0.05, 0.1) is 0 Å². The summed E-state index contributed by atoms with van der Waals surface area (Å²) in [6, 6.07) is -0.497. The van der Waals surface area contributed by atoms with Crippen LogP contribution in [0.25, 0.3) is 0 Å². The van der Waals surface area contributed by atoms with Crippen LogP contribution in [0.5, 0.6) is 0 Å². The van der Waals surface area contributed by atoms with Crippen molar-refractivity contribution >= 4 is 17.7 Å². The van der Waals surface area contributed by atoms with Gasteiger partial charge >= 0.3 is 5.97 Å². The van der Waals surface area contributed by atoms with E-state index in [9.17, 15) is 4.79 Å². The van der Waals surface area contributed by atoms with Gasteiger partial charge in [0, 0.05) is 18.7 Å². The Kier molecular flexibility index (Phi) is 4.75. The first-order valence-corrected chi connectivity index (χ1v) is 5.89. The Balaban J connectivity index is 2.46. The largest absolute Gasteiger partial charge is 0.480 e. The maximum Gasteiger partial charge on any atom is 0.321 e. The summed E-state index contributed by atoms with van der Waals surface area (Å²) in [5.41, 5.74) is 0. The molecule has 0 aliphatic carbocycles. The standard InChI is InChI=1S/C9H15N3O3S/c1-5(2)10-7(8(13)14)4-16-9-12-11-6(3)15-9/h5,7,10H,4H2,1-3H3,(H,13,14). The second-order valence-corrected chi connectivity index (χ2v) is 4.58. The predicted molar refractivity (Wildman–Crippen MR) is 59.5 cm³/mol. The lowest BCUT2D eigenvalue weighted by atomic mass is 10.3. The molecule has 0 aliphatic heterocycles. The SMILES string of the molecule is Cc1nnc(SCC(NC(C)C)C(=O)O)o1. The zero-order valence-electron chi connectivity index (χ0n) is 9.43. The van der Waals surface area contributed by atoms with Crippen molar-refractivity contribution in [2.24, 2.45) is 0 Å². The normalized spacial score (nSPS) is 13.0. The molecule has 7 heteroatoms. The molecule has 0 bridgehead atoms. The molecule has 0 spiro atoms. The van der Waals surface area contributed by atoms with E-state index in [0.717, 1.165) is 0 Å². The first-order chi connectivity index (χ1) is 7.49. The van der Waals surface area contributed by atoms with Gasteiger partial charge in [-0.25, -0.2) is 0 Å².